The Bertz CT molecular complexity index is 1410. The lowest BCUT2D eigenvalue weighted by Crippen LogP contribution is -2.19. The van der Waals surface area contributed by atoms with E-state index in [4.69, 9.17) is 18.6 Å². The van der Waals surface area contributed by atoms with Gasteiger partial charge in [0.1, 0.15) is 34.8 Å². The Balaban J connectivity index is 1.55. The number of nitrogens with zero attached hydrogens (tertiary/aromatic N) is 1. The molecule has 1 N–H and O–H groups in total. The van der Waals surface area contributed by atoms with E-state index in [2.05, 4.69) is 24.3 Å². The number of phenols is 1. The summed E-state index contributed by atoms with van der Waals surface area (Å²) in [4.78, 5) is 14.9. The summed E-state index contributed by atoms with van der Waals surface area (Å²) in [7, 11) is 5.49. The van der Waals surface area contributed by atoms with E-state index in [1.54, 1.807) is 19.2 Å². The molecule has 0 amide bonds. The Kier molecular flexibility index (Phi) is 8.92. The van der Waals surface area contributed by atoms with Gasteiger partial charge < -0.3 is 28.6 Å². The predicted molar refractivity (Wildman–Crippen MR) is 150 cm³/mol. The molecular formula is C31H35NO6. The van der Waals surface area contributed by atoms with E-state index in [1.165, 1.54) is 17.7 Å². The van der Waals surface area contributed by atoms with E-state index in [-0.39, 0.29) is 28.3 Å². The molecule has 1 heterocycles. The van der Waals surface area contributed by atoms with Crippen molar-refractivity contribution in [3.8, 4) is 34.3 Å². The van der Waals surface area contributed by atoms with Crippen LogP contribution in [-0.4, -0.2) is 50.5 Å². The van der Waals surface area contributed by atoms with E-state index in [0.717, 1.165) is 19.3 Å². The highest BCUT2D eigenvalue weighted by Gasteiger charge is 2.16. The minimum absolute atomic E-state index is 0.0368. The molecule has 7 heteroatoms. The normalized spacial score (nSPS) is 12.0. The van der Waals surface area contributed by atoms with Gasteiger partial charge in [0.15, 0.2) is 16.9 Å². The average Bonchev–Trinajstić information content (AvgIpc) is 2.88. The van der Waals surface area contributed by atoms with Gasteiger partial charge in [-0.05, 0) is 64.0 Å². The minimum Gasteiger partial charge on any atom is -0.507 e. The third kappa shape index (κ3) is 6.86. The molecule has 0 saturated heterocycles. The van der Waals surface area contributed by atoms with Gasteiger partial charge in [0.2, 0.25) is 0 Å². The highest BCUT2D eigenvalue weighted by Crippen LogP contribution is 2.36. The molecule has 0 spiro atoms. The molecule has 1 aromatic heterocycles. The number of aromatic hydroxyl groups is 1. The van der Waals surface area contributed by atoms with Gasteiger partial charge in [0, 0.05) is 30.3 Å². The van der Waals surface area contributed by atoms with Crippen molar-refractivity contribution >= 4 is 11.0 Å². The zero-order chi connectivity index (χ0) is 27.1. The summed E-state index contributed by atoms with van der Waals surface area (Å²) >= 11 is 0. The van der Waals surface area contributed by atoms with Gasteiger partial charge in [0.05, 0.1) is 13.2 Å². The molecule has 4 rings (SSSR count). The van der Waals surface area contributed by atoms with Crippen LogP contribution in [0.25, 0.3) is 22.3 Å². The van der Waals surface area contributed by atoms with Crippen LogP contribution >= 0.6 is 0 Å². The summed E-state index contributed by atoms with van der Waals surface area (Å²) in [5.74, 6) is 1.78. The van der Waals surface area contributed by atoms with Gasteiger partial charge in [0.25, 0.3) is 0 Å². The van der Waals surface area contributed by atoms with Crippen LogP contribution in [0.1, 0.15) is 25.3 Å². The molecule has 3 aromatic carbocycles. The maximum absolute atomic E-state index is 12.9. The quantitative estimate of drug-likeness (QED) is 0.250. The van der Waals surface area contributed by atoms with Gasteiger partial charge in [-0.3, -0.25) is 4.79 Å². The number of ether oxygens (including phenoxy) is 3. The lowest BCUT2D eigenvalue weighted by atomic mass is 10.1. The number of likely N-dealkylation sites (N-methyl/N-ethyl adjacent to an activating group) is 1. The van der Waals surface area contributed by atoms with Crippen LogP contribution in [0.3, 0.4) is 0 Å². The SMILES string of the molecule is COc1ccc(-c2cc(=O)c3c(O)cc(OCCN(C)C)cc3o2)cc1OC(C)CCCc1ccccc1. The summed E-state index contributed by atoms with van der Waals surface area (Å²) in [6, 6.07) is 20.3. The van der Waals surface area contributed by atoms with Gasteiger partial charge in [-0.2, -0.15) is 0 Å². The molecular weight excluding hydrogens is 482 g/mol. The van der Waals surface area contributed by atoms with Gasteiger partial charge in [-0.25, -0.2) is 0 Å². The van der Waals surface area contributed by atoms with Crippen LogP contribution in [0.15, 0.2) is 75.9 Å². The fraction of sp³-hybridized carbons (Fsp3) is 0.323. The van der Waals surface area contributed by atoms with E-state index < -0.39 is 0 Å². The van der Waals surface area contributed by atoms with Gasteiger partial charge in [-0.15, -0.1) is 0 Å². The Morgan fingerprint density at radius 2 is 1.79 bits per heavy atom. The first-order valence-electron chi connectivity index (χ1n) is 12.8. The molecule has 0 aliphatic heterocycles. The molecule has 0 saturated carbocycles. The molecule has 0 aliphatic rings. The topological polar surface area (TPSA) is 81.4 Å². The number of hydrogen-bond donors (Lipinski definition) is 1. The number of rotatable bonds is 12. The number of fused-ring (bicyclic) bond motifs is 1. The van der Waals surface area contributed by atoms with E-state index >= 15 is 0 Å². The Labute approximate surface area is 223 Å². The molecule has 200 valence electrons. The van der Waals surface area contributed by atoms with Crippen LogP contribution < -0.4 is 19.6 Å². The van der Waals surface area contributed by atoms with E-state index in [9.17, 15) is 9.90 Å². The largest absolute Gasteiger partial charge is 0.507 e. The number of phenolic OH excluding ortho intramolecular Hbond substituents is 1. The molecule has 0 aliphatic carbocycles. The Morgan fingerprint density at radius 1 is 1.00 bits per heavy atom. The highest BCUT2D eigenvalue weighted by atomic mass is 16.5. The molecule has 38 heavy (non-hydrogen) atoms. The summed E-state index contributed by atoms with van der Waals surface area (Å²) in [5, 5.41) is 10.6. The maximum Gasteiger partial charge on any atom is 0.197 e. The van der Waals surface area contributed by atoms with Crippen molar-refractivity contribution in [1.29, 1.82) is 0 Å². The van der Waals surface area contributed by atoms with Crippen molar-refractivity contribution in [3.05, 3.63) is 82.5 Å². The van der Waals surface area contributed by atoms with E-state index in [1.807, 2.05) is 44.1 Å². The lowest BCUT2D eigenvalue weighted by molar-refractivity contribution is 0.199. The summed E-state index contributed by atoms with van der Waals surface area (Å²) in [5.41, 5.74) is 1.88. The highest BCUT2D eigenvalue weighted by molar-refractivity contribution is 5.86. The van der Waals surface area contributed by atoms with Crippen LogP contribution in [0.4, 0.5) is 0 Å². The maximum atomic E-state index is 12.9. The number of methoxy groups -OCH3 is 1. The first-order valence-corrected chi connectivity index (χ1v) is 12.8. The lowest BCUT2D eigenvalue weighted by Gasteiger charge is -2.18. The van der Waals surface area contributed by atoms with Crippen LogP contribution in [0, 0.1) is 0 Å². The first kappa shape index (κ1) is 27.1. The van der Waals surface area contributed by atoms with Crippen molar-refractivity contribution in [2.45, 2.75) is 32.3 Å². The van der Waals surface area contributed by atoms with Crippen LogP contribution in [0.2, 0.25) is 0 Å². The molecule has 4 aromatic rings. The second-order valence-electron chi connectivity index (χ2n) is 9.61. The minimum atomic E-state index is -0.342. The van der Waals surface area contributed by atoms with Gasteiger partial charge >= 0.3 is 0 Å². The monoisotopic (exact) mass is 517 g/mol. The summed E-state index contributed by atoms with van der Waals surface area (Å²) < 4.78 is 23.6. The number of benzene rings is 3. The molecule has 7 nitrogen and oxygen atoms in total. The number of aryl methyl sites for hydroxylation is 1. The van der Waals surface area contributed by atoms with Crippen molar-refractivity contribution in [2.75, 3.05) is 34.4 Å². The molecule has 0 bridgehead atoms. The van der Waals surface area contributed by atoms with Crippen LogP contribution in [-0.2, 0) is 6.42 Å². The smallest absolute Gasteiger partial charge is 0.197 e. The van der Waals surface area contributed by atoms with Crippen molar-refractivity contribution in [2.24, 2.45) is 0 Å². The van der Waals surface area contributed by atoms with Crippen LogP contribution in [0.5, 0.6) is 23.0 Å². The summed E-state index contributed by atoms with van der Waals surface area (Å²) in [6.45, 7) is 3.18. The fourth-order valence-electron chi connectivity index (χ4n) is 4.25. The zero-order valence-corrected chi connectivity index (χ0v) is 22.4. The van der Waals surface area contributed by atoms with Gasteiger partial charge in [-0.1, -0.05) is 30.3 Å². The zero-order valence-electron chi connectivity index (χ0n) is 22.4. The predicted octanol–water partition coefficient (Wildman–Crippen LogP) is 5.90. The second-order valence-corrected chi connectivity index (χ2v) is 9.61. The molecule has 1 atom stereocenters. The fourth-order valence-corrected chi connectivity index (χ4v) is 4.25. The molecule has 1 unspecified atom stereocenters. The Hall–Kier alpha value is -3.97. The van der Waals surface area contributed by atoms with Crippen molar-refractivity contribution in [1.82, 2.24) is 4.90 Å². The third-order valence-corrected chi connectivity index (χ3v) is 6.29. The average molecular weight is 518 g/mol. The van der Waals surface area contributed by atoms with Crippen molar-refractivity contribution in [3.63, 3.8) is 0 Å². The van der Waals surface area contributed by atoms with Crippen molar-refractivity contribution < 1.29 is 23.7 Å². The first-order chi connectivity index (χ1) is 18.3. The number of hydrogen-bond acceptors (Lipinski definition) is 7. The third-order valence-electron chi connectivity index (χ3n) is 6.29. The molecule has 0 radical (unpaired) electrons. The standard InChI is InChI=1S/C31H35NO6/c1-21(9-8-12-22-10-6-5-7-11-22)37-29-17-23(13-14-27(29)35-4)28-20-26(34)31-25(33)18-24(19-30(31)38-28)36-16-15-32(2)3/h5-7,10-11,13-14,17-21,33H,8-9,12,15-16H2,1-4H3. The van der Waals surface area contributed by atoms with E-state index in [0.29, 0.717) is 41.7 Å². The second kappa shape index (κ2) is 12.5. The Morgan fingerprint density at radius 3 is 2.53 bits per heavy atom. The molecule has 0 fully saturated rings. The summed E-state index contributed by atoms with van der Waals surface area (Å²) in [6.07, 6.45) is 2.82.